The molecule has 0 aliphatic heterocycles. The van der Waals surface area contributed by atoms with Crippen LogP contribution in [0, 0.1) is 5.41 Å². The summed E-state index contributed by atoms with van der Waals surface area (Å²) in [6, 6.07) is 0. The van der Waals surface area contributed by atoms with Crippen LogP contribution in [-0.2, 0) is 4.74 Å². The van der Waals surface area contributed by atoms with Crippen molar-refractivity contribution in [3.63, 3.8) is 0 Å². The number of methoxy groups -OCH3 is 1. The summed E-state index contributed by atoms with van der Waals surface area (Å²) in [7, 11) is 1.61. The van der Waals surface area contributed by atoms with Crippen LogP contribution in [-0.4, -0.2) is 12.8 Å². The summed E-state index contributed by atoms with van der Waals surface area (Å²) in [4.78, 5) is 0. The minimum atomic E-state index is 0.564. The monoisotopic (exact) mass is 127 g/mol. The van der Waals surface area contributed by atoms with Gasteiger partial charge in [-0.3, -0.25) is 0 Å². The van der Waals surface area contributed by atoms with Gasteiger partial charge in [-0.1, -0.05) is 0 Å². The van der Waals surface area contributed by atoms with Gasteiger partial charge in [0.15, 0.2) is 0 Å². The molecule has 0 fully saturated rings. The van der Waals surface area contributed by atoms with E-state index >= 15 is 0 Å². The second kappa shape index (κ2) is 3.28. The molecule has 0 saturated carbocycles. The van der Waals surface area contributed by atoms with Gasteiger partial charge >= 0.3 is 0 Å². The van der Waals surface area contributed by atoms with Crippen molar-refractivity contribution in [3.05, 3.63) is 11.3 Å². The van der Waals surface area contributed by atoms with Crippen LogP contribution in [0.25, 0.3) is 0 Å². The summed E-state index contributed by atoms with van der Waals surface area (Å²) >= 11 is 0. The van der Waals surface area contributed by atoms with Crippen molar-refractivity contribution in [2.75, 3.05) is 7.11 Å². The van der Waals surface area contributed by atoms with Crippen molar-refractivity contribution in [3.8, 4) is 0 Å². The molecule has 0 bridgehead atoms. The molecule has 0 aromatic heterocycles. The van der Waals surface area contributed by atoms with E-state index in [1.165, 1.54) is 0 Å². The molecule has 0 radical (unpaired) electrons. The average Bonchev–Trinajstić information content (AvgIpc) is 1.84. The van der Waals surface area contributed by atoms with Gasteiger partial charge in [0, 0.05) is 11.3 Å². The fraction of sp³-hybridized carbons (Fsp3) is 0.571. The molecule has 1 N–H and O–H groups in total. The fourth-order valence-electron chi connectivity index (χ4n) is 0.417. The summed E-state index contributed by atoms with van der Waals surface area (Å²) in [5, 5.41) is 7.20. The zero-order chi connectivity index (χ0) is 7.44. The smallest absolute Gasteiger partial charge is 0.0971 e. The molecule has 0 spiro atoms. The topological polar surface area (TPSA) is 33.1 Å². The van der Waals surface area contributed by atoms with Gasteiger partial charge < -0.3 is 10.1 Å². The third-order valence-corrected chi connectivity index (χ3v) is 1.40. The summed E-state index contributed by atoms with van der Waals surface area (Å²) in [5.41, 5.74) is 1.48. The quantitative estimate of drug-likeness (QED) is 0.446. The average molecular weight is 127 g/mol. The van der Waals surface area contributed by atoms with Crippen LogP contribution in [0.3, 0.4) is 0 Å². The van der Waals surface area contributed by atoms with Gasteiger partial charge in [-0.05, 0) is 20.8 Å². The van der Waals surface area contributed by atoms with Crippen LogP contribution < -0.4 is 0 Å². The summed E-state index contributed by atoms with van der Waals surface area (Å²) in [5.74, 6) is 0.822. The maximum Gasteiger partial charge on any atom is 0.0971 e. The van der Waals surface area contributed by atoms with E-state index in [0.29, 0.717) is 5.71 Å². The minimum Gasteiger partial charge on any atom is -0.501 e. The van der Waals surface area contributed by atoms with Crippen molar-refractivity contribution in [1.82, 2.24) is 0 Å². The highest BCUT2D eigenvalue weighted by molar-refractivity contribution is 5.95. The third kappa shape index (κ3) is 2.31. The van der Waals surface area contributed by atoms with E-state index in [1.807, 2.05) is 13.8 Å². The molecular formula is C7H13NO. The Balaban J connectivity index is 4.28. The Kier molecular flexibility index (Phi) is 2.99. The molecule has 0 saturated heterocycles. The Morgan fingerprint density at radius 3 is 1.78 bits per heavy atom. The number of nitrogens with one attached hydrogen (secondary N) is 1. The van der Waals surface area contributed by atoms with E-state index in [1.54, 1.807) is 14.0 Å². The highest BCUT2D eigenvalue weighted by atomic mass is 16.5. The van der Waals surface area contributed by atoms with Gasteiger partial charge in [-0.25, -0.2) is 0 Å². The minimum absolute atomic E-state index is 0.564. The van der Waals surface area contributed by atoms with Crippen LogP contribution in [0.15, 0.2) is 11.3 Å². The van der Waals surface area contributed by atoms with Gasteiger partial charge in [0.1, 0.15) is 0 Å². The van der Waals surface area contributed by atoms with E-state index in [9.17, 15) is 0 Å². The van der Waals surface area contributed by atoms with Crippen LogP contribution in [0.4, 0.5) is 0 Å². The van der Waals surface area contributed by atoms with E-state index in [4.69, 9.17) is 10.1 Å². The van der Waals surface area contributed by atoms with Gasteiger partial charge in [-0.15, -0.1) is 0 Å². The predicted molar refractivity (Wildman–Crippen MR) is 38.8 cm³/mol. The highest BCUT2D eigenvalue weighted by Gasteiger charge is 1.96. The first-order valence-corrected chi connectivity index (χ1v) is 2.86. The Labute approximate surface area is 56.0 Å². The Morgan fingerprint density at radius 2 is 1.67 bits per heavy atom. The molecule has 0 unspecified atom stereocenters. The Bertz CT molecular complexity index is 147. The fourth-order valence-corrected chi connectivity index (χ4v) is 0.417. The van der Waals surface area contributed by atoms with Crippen molar-refractivity contribution in [2.24, 2.45) is 0 Å². The lowest BCUT2D eigenvalue weighted by atomic mass is 10.2. The highest BCUT2D eigenvalue weighted by Crippen LogP contribution is 2.03. The molecule has 0 rings (SSSR count). The SMILES string of the molecule is CO/C(C)=C(/C)C(C)=N. The maximum atomic E-state index is 7.20. The molecular weight excluding hydrogens is 114 g/mol. The van der Waals surface area contributed by atoms with Gasteiger partial charge in [0.2, 0.25) is 0 Å². The second-order valence-corrected chi connectivity index (χ2v) is 2.01. The normalized spacial score (nSPS) is 12.4. The van der Waals surface area contributed by atoms with Crippen molar-refractivity contribution < 1.29 is 4.74 Å². The first-order valence-electron chi connectivity index (χ1n) is 2.86. The third-order valence-electron chi connectivity index (χ3n) is 1.40. The molecule has 2 nitrogen and oxygen atoms in total. The molecule has 0 aromatic rings. The Hall–Kier alpha value is -0.790. The molecule has 0 aliphatic carbocycles. The Morgan fingerprint density at radius 1 is 1.22 bits per heavy atom. The van der Waals surface area contributed by atoms with Crippen molar-refractivity contribution in [2.45, 2.75) is 20.8 Å². The number of hydrogen-bond donors (Lipinski definition) is 1. The van der Waals surface area contributed by atoms with Crippen LogP contribution >= 0.6 is 0 Å². The van der Waals surface area contributed by atoms with Crippen LogP contribution in [0.2, 0.25) is 0 Å². The number of ether oxygens (including phenoxy) is 1. The predicted octanol–water partition coefficient (Wildman–Crippen LogP) is 1.97. The number of hydrogen-bond acceptors (Lipinski definition) is 2. The maximum absolute atomic E-state index is 7.20. The first kappa shape index (κ1) is 8.21. The molecule has 52 valence electrons. The van der Waals surface area contributed by atoms with Crippen molar-refractivity contribution >= 4 is 5.71 Å². The zero-order valence-corrected chi connectivity index (χ0v) is 6.41. The van der Waals surface area contributed by atoms with Gasteiger partial charge in [0.25, 0.3) is 0 Å². The van der Waals surface area contributed by atoms with E-state index < -0.39 is 0 Å². The van der Waals surface area contributed by atoms with Gasteiger partial charge in [-0.2, -0.15) is 0 Å². The van der Waals surface area contributed by atoms with Crippen molar-refractivity contribution in [1.29, 1.82) is 5.41 Å². The number of allylic oxidation sites excluding steroid dienone is 2. The van der Waals surface area contributed by atoms with E-state index in [2.05, 4.69) is 0 Å². The summed E-state index contributed by atoms with van der Waals surface area (Å²) < 4.78 is 4.91. The zero-order valence-electron chi connectivity index (χ0n) is 6.41. The number of rotatable bonds is 2. The molecule has 0 aliphatic rings. The summed E-state index contributed by atoms with van der Waals surface area (Å²) in [6.07, 6.45) is 0. The summed E-state index contributed by atoms with van der Waals surface area (Å²) in [6.45, 7) is 5.48. The molecule has 0 aromatic carbocycles. The standard InChI is InChI=1S/C7H13NO/c1-5(6(2)8)7(3)9-4/h8H,1-4H3/b7-5-,8-6?. The second-order valence-electron chi connectivity index (χ2n) is 2.01. The molecule has 2 heteroatoms. The lowest BCUT2D eigenvalue weighted by Gasteiger charge is -2.02. The molecule has 0 amide bonds. The molecule has 0 atom stereocenters. The lowest BCUT2D eigenvalue weighted by molar-refractivity contribution is 0.291. The first-order chi connectivity index (χ1) is 4.09. The largest absolute Gasteiger partial charge is 0.501 e. The van der Waals surface area contributed by atoms with Crippen LogP contribution in [0.5, 0.6) is 0 Å². The van der Waals surface area contributed by atoms with E-state index in [-0.39, 0.29) is 0 Å². The van der Waals surface area contributed by atoms with Crippen LogP contribution in [0.1, 0.15) is 20.8 Å². The van der Waals surface area contributed by atoms with Gasteiger partial charge in [0.05, 0.1) is 12.9 Å². The molecule has 9 heavy (non-hydrogen) atoms. The van der Waals surface area contributed by atoms with E-state index in [0.717, 1.165) is 11.3 Å². The molecule has 0 heterocycles. The lowest BCUT2D eigenvalue weighted by Crippen LogP contribution is -1.95.